The molecule has 9 heteroatoms. The minimum absolute atomic E-state index is 0.0266. The average Bonchev–Trinajstić information content (AvgIpc) is 3.19. The number of carbonyl (C=O) groups excluding carboxylic acids is 3. The van der Waals surface area contributed by atoms with Crippen LogP contribution in [0.25, 0.3) is 0 Å². The van der Waals surface area contributed by atoms with Gasteiger partial charge in [-0.05, 0) is 36.4 Å². The van der Waals surface area contributed by atoms with Gasteiger partial charge in [-0.3, -0.25) is 14.4 Å². The molecular weight excluding hydrogens is 404 g/mol. The van der Waals surface area contributed by atoms with Gasteiger partial charge in [-0.15, -0.1) is 0 Å². The maximum absolute atomic E-state index is 12.4. The first kappa shape index (κ1) is 21.9. The van der Waals surface area contributed by atoms with Crippen molar-refractivity contribution < 1.29 is 33.3 Å². The molecule has 1 N–H and O–H groups in total. The molecule has 0 bridgehead atoms. The molecule has 2 amide bonds. The number of amides is 2. The number of anilines is 2. The monoisotopic (exact) mass is 428 g/mol. The third-order valence-electron chi connectivity index (χ3n) is 4.87. The average molecular weight is 428 g/mol. The molecule has 9 nitrogen and oxygen atoms in total. The molecule has 1 fully saturated rings. The van der Waals surface area contributed by atoms with Crippen LogP contribution in [-0.4, -0.2) is 52.3 Å². The topological polar surface area (TPSA) is 103 Å². The van der Waals surface area contributed by atoms with Crippen molar-refractivity contribution in [3.05, 3.63) is 42.5 Å². The van der Waals surface area contributed by atoms with E-state index in [9.17, 15) is 14.4 Å². The Morgan fingerprint density at radius 3 is 2.32 bits per heavy atom. The van der Waals surface area contributed by atoms with Gasteiger partial charge in [0.1, 0.15) is 17.2 Å². The van der Waals surface area contributed by atoms with E-state index < -0.39 is 24.4 Å². The molecule has 2 aromatic rings. The van der Waals surface area contributed by atoms with Crippen LogP contribution in [0, 0.1) is 5.92 Å². The molecule has 1 heterocycles. The van der Waals surface area contributed by atoms with Crippen LogP contribution in [0.4, 0.5) is 11.4 Å². The Hall–Kier alpha value is -3.75. The summed E-state index contributed by atoms with van der Waals surface area (Å²) >= 11 is 0. The summed E-state index contributed by atoms with van der Waals surface area (Å²) in [6.07, 6.45) is 0.0266. The van der Waals surface area contributed by atoms with E-state index in [0.29, 0.717) is 28.6 Å². The molecule has 0 unspecified atom stereocenters. The van der Waals surface area contributed by atoms with Crippen molar-refractivity contribution in [3.63, 3.8) is 0 Å². The van der Waals surface area contributed by atoms with Gasteiger partial charge in [0.15, 0.2) is 6.61 Å². The minimum atomic E-state index is -0.641. The van der Waals surface area contributed by atoms with Crippen molar-refractivity contribution in [3.8, 4) is 17.2 Å². The Bertz CT molecular complexity index is 959. The Balaban J connectivity index is 1.53. The van der Waals surface area contributed by atoms with Gasteiger partial charge in [-0.1, -0.05) is 0 Å². The van der Waals surface area contributed by atoms with E-state index in [1.54, 1.807) is 49.6 Å². The van der Waals surface area contributed by atoms with Gasteiger partial charge >= 0.3 is 5.97 Å². The number of esters is 1. The van der Waals surface area contributed by atoms with Crippen LogP contribution < -0.4 is 24.4 Å². The molecular formula is C22H24N2O7. The van der Waals surface area contributed by atoms with Crippen LogP contribution in [0.3, 0.4) is 0 Å². The molecule has 0 radical (unpaired) electrons. The summed E-state index contributed by atoms with van der Waals surface area (Å²) in [6, 6.07) is 11.9. The predicted molar refractivity (Wildman–Crippen MR) is 113 cm³/mol. The summed E-state index contributed by atoms with van der Waals surface area (Å²) in [7, 11) is 4.55. The molecule has 3 rings (SSSR count). The van der Waals surface area contributed by atoms with E-state index >= 15 is 0 Å². The Morgan fingerprint density at radius 2 is 1.68 bits per heavy atom. The normalized spacial score (nSPS) is 15.4. The Kier molecular flexibility index (Phi) is 6.96. The summed E-state index contributed by atoms with van der Waals surface area (Å²) in [6.45, 7) is -0.279. The predicted octanol–water partition coefficient (Wildman–Crippen LogP) is 2.25. The Morgan fingerprint density at radius 1 is 1.00 bits per heavy atom. The second kappa shape index (κ2) is 9.84. The van der Waals surface area contributed by atoms with Crippen LogP contribution in [0.2, 0.25) is 0 Å². The second-order valence-electron chi connectivity index (χ2n) is 6.83. The molecule has 2 aromatic carbocycles. The summed E-state index contributed by atoms with van der Waals surface area (Å²) < 4.78 is 20.6. The van der Waals surface area contributed by atoms with Gasteiger partial charge in [0.05, 0.1) is 32.9 Å². The highest BCUT2D eigenvalue weighted by Gasteiger charge is 2.36. The maximum atomic E-state index is 12.4. The third kappa shape index (κ3) is 5.25. The van der Waals surface area contributed by atoms with E-state index in [2.05, 4.69) is 5.32 Å². The molecule has 0 spiro atoms. The van der Waals surface area contributed by atoms with Gasteiger partial charge in [-0.25, -0.2) is 0 Å². The van der Waals surface area contributed by atoms with Gasteiger partial charge in [-0.2, -0.15) is 0 Å². The van der Waals surface area contributed by atoms with Crippen molar-refractivity contribution in [2.24, 2.45) is 5.92 Å². The summed E-state index contributed by atoms with van der Waals surface area (Å²) in [5.41, 5.74) is 1.09. The molecule has 0 aliphatic carbocycles. The first-order valence-corrected chi connectivity index (χ1v) is 9.58. The lowest BCUT2D eigenvalue weighted by Gasteiger charge is -2.17. The van der Waals surface area contributed by atoms with Crippen molar-refractivity contribution in [1.29, 1.82) is 0 Å². The zero-order valence-electron chi connectivity index (χ0n) is 17.5. The number of carbonyl (C=O) groups is 3. The largest absolute Gasteiger partial charge is 0.497 e. The SMILES string of the molecule is COc1ccc(N2C[C@@H](C(=O)OCC(=O)Nc3ccc(OC)cc3OC)CC2=O)cc1. The zero-order valence-corrected chi connectivity index (χ0v) is 17.5. The van der Waals surface area contributed by atoms with Crippen LogP contribution in [0.1, 0.15) is 6.42 Å². The van der Waals surface area contributed by atoms with Crippen molar-refractivity contribution in [2.45, 2.75) is 6.42 Å². The number of nitrogens with one attached hydrogen (secondary N) is 1. The lowest BCUT2D eigenvalue weighted by molar-refractivity contribution is -0.151. The van der Waals surface area contributed by atoms with E-state index in [1.807, 2.05) is 0 Å². The van der Waals surface area contributed by atoms with Crippen molar-refractivity contribution in [2.75, 3.05) is 44.7 Å². The van der Waals surface area contributed by atoms with Crippen LogP contribution in [0.15, 0.2) is 42.5 Å². The number of nitrogens with zero attached hydrogens (tertiary/aromatic N) is 1. The molecule has 1 saturated heterocycles. The molecule has 164 valence electrons. The highest BCUT2D eigenvalue weighted by atomic mass is 16.5. The van der Waals surface area contributed by atoms with Crippen LogP contribution in [0.5, 0.6) is 17.2 Å². The molecule has 31 heavy (non-hydrogen) atoms. The molecule has 1 atom stereocenters. The highest BCUT2D eigenvalue weighted by molar-refractivity contribution is 6.00. The summed E-state index contributed by atoms with van der Waals surface area (Å²) in [5.74, 6) is -0.276. The fraction of sp³-hybridized carbons (Fsp3) is 0.318. The Labute approximate surface area is 179 Å². The standard InChI is InChI=1S/C22H24N2O7/c1-28-16-6-4-15(5-7-16)24-12-14(10-21(24)26)22(27)31-13-20(25)23-18-9-8-17(29-2)11-19(18)30-3/h4-9,11,14H,10,12-13H2,1-3H3,(H,23,25)/t14-/m0/s1. The van der Waals surface area contributed by atoms with Gasteiger partial charge in [0, 0.05) is 24.7 Å². The first-order valence-electron chi connectivity index (χ1n) is 9.58. The minimum Gasteiger partial charge on any atom is -0.497 e. The molecule has 1 aliphatic rings. The fourth-order valence-corrected chi connectivity index (χ4v) is 3.22. The van der Waals surface area contributed by atoms with E-state index in [1.165, 1.54) is 19.1 Å². The smallest absolute Gasteiger partial charge is 0.311 e. The fourth-order valence-electron chi connectivity index (χ4n) is 3.22. The maximum Gasteiger partial charge on any atom is 0.311 e. The lowest BCUT2D eigenvalue weighted by Crippen LogP contribution is -2.28. The molecule has 1 aliphatic heterocycles. The number of ether oxygens (including phenoxy) is 4. The van der Waals surface area contributed by atoms with E-state index in [-0.39, 0.29) is 18.9 Å². The van der Waals surface area contributed by atoms with Gasteiger partial charge in [0.2, 0.25) is 5.91 Å². The van der Waals surface area contributed by atoms with Crippen LogP contribution in [-0.2, 0) is 19.1 Å². The number of hydrogen-bond donors (Lipinski definition) is 1. The quantitative estimate of drug-likeness (QED) is 0.643. The molecule has 0 aromatic heterocycles. The third-order valence-corrected chi connectivity index (χ3v) is 4.87. The summed E-state index contributed by atoms with van der Waals surface area (Å²) in [4.78, 5) is 38.4. The summed E-state index contributed by atoms with van der Waals surface area (Å²) in [5, 5.41) is 2.63. The van der Waals surface area contributed by atoms with Gasteiger partial charge in [0.25, 0.3) is 5.91 Å². The first-order chi connectivity index (χ1) is 14.9. The number of rotatable bonds is 8. The highest BCUT2D eigenvalue weighted by Crippen LogP contribution is 2.29. The zero-order chi connectivity index (χ0) is 22.4. The van der Waals surface area contributed by atoms with Crippen LogP contribution >= 0.6 is 0 Å². The lowest BCUT2D eigenvalue weighted by atomic mass is 10.1. The van der Waals surface area contributed by atoms with E-state index in [4.69, 9.17) is 18.9 Å². The van der Waals surface area contributed by atoms with Crippen molar-refractivity contribution >= 4 is 29.2 Å². The van der Waals surface area contributed by atoms with Crippen molar-refractivity contribution in [1.82, 2.24) is 0 Å². The number of benzene rings is 2. The van der Waals surface area contributed by atoms with Gasteiger partial charge < -0.3 is 29.2 Å². The number of hydrogen-bond acceptors (Lipinski definition) is 7. The number of methoxy groups -OCH3 is 3. The van der Waals surface area contributed by atoms with E-state index in [0.717, 1.165) is 0 Å². The second-order valence-corrected chi connectivity index (χ2v) is 6.83. The molecule has 0 saturated carbocycles.